The Morgan fingerprint density at radius 3 is 2.70 bits per heavy atom. The van der Waals surface area contributed by atoms with Crippen LogP contribution >= 0.6 is 12.2 Å². The number of aryl methyl sites for hydroxylation is 1. The topological polar surface area (TPSA) is 86.4 Å². The zero-order valence-corrected chi connectivity index (χ0v) is 13.1. The van der Waals surface area contributed by atoms with E-state index in [4.69, 9.17) is 12.2 Å². The van der Waals surface area contributed by atoms with E-state index in [2.05, 4.69) is 15.3 Å². The van der Waals surface area contributed by atoms with Crippen molar-refractivity contribution < 1.29 is 10.2 Å². The lowest BCUT2D eigenvalue weighted by Gasteiger charge is -2.04. The number of phenols is 2. The second-order valence-corrected chi connectivity index (χ2v) is 5.36. The van der Waals surface area contributed by atoms with Crippen LogP contribution in [-0.2, 0) is 0 Å². The molecule has 3 N–H and O–H groups in total. The number of hydrogen-bond donors (Lipinski definition) is 3. The van der Waals surface area contributed by atoms with Gasteiger partial charge < -0.3 is 10.2 Å². The number of hydrogen-bond acceptors (Lipinski definition) is 5. The predicted octanol–water partition coefficient (Wildman–Crippen LogP) is 3.21. The van der Waals surface area contributed by atoms with Crippen LogP contribution < -0.4 is 0 Å². The van der Waals surface area contributed by atoms with E-state index in [1.54, 1.807) is 6.07 Å². The largest absolute Gasteiger partial charge is 0.504 e. The van der Waals surface area contributed by atoms with E-state index in [1.165, 1.54) is 23.0 Å². The Labute approximate surface area is 137 Å². The zero-order chi connectivity index (χ0) is 16.4. The summed E-state index contributed by atoms with van der Waals surface area (Å²) in [6.07, 6.45) is 1.53. The summed E-state index contributed by atoms with van der Waals surface area (Å²) in [5.74, 6) is 0.221. The van der Waals surface area contributed by atoms with Gasteiger partial charge >= 0.3 is 0 Å². The molecule has 0 spiro atoms. The highest BCUT2D eigenvalue weighted by molar-refractivity contribution is 7.71. The predicted molar refractivity (Wildman–Crippen MR) is 90.3 cm³/mol. The normalized spacial score (nSPS) is 11.2. The molecule has 1 heterocycles. The highest BCUT2D eigenvalue weighted by Crippen LogP contribution is 2.24. The molecule has 0 fully saturated rings. The maximum absolute atomic E-state index is 9.52. The SMILES string of the molecule is Cc1ccccc1-c1n[nH]c(=S)n1/N=C\c1ccc(O)c(O)c1. The van der Waals surface area contributed by atoms with Crippen molar-refractivity contribution in [3.63, 3.8) is 0 Å². The van der Waals surface area contributed by atoms with Gasteiger partial charge in [-0.15, -0.1) is 0 Å². The van der Waals surface area contributed by atoms with E-state index in [0.29, 0.717) is 16.2 Å². The lowest BCUT2D eigenvalue weighted by Crippen LogP contribution is -1.96. The molecule has 0 radical (unpaired) electrons. The van der Waals surface area contributed by atoms with Crippen molar-refractivity contribution in [1.82, 2.24) is 14.9 Å². The molecule has 2 aromatic carbocycles. The maximum Gasteiger partial charge on any atom is 0.216 e. The monoisotopic (exact) mass is 326 g/mol. The van der Waals surface area contributed by atoms with Gasteiger partial charge in [-0.3, -0.25) is 0 Å². The molecule has 6 nitrogen and oxygen atoms in total. The van der Waals surface area contributed by atoms with E-state index >= 15 is 0 Å². The summed E-state index contributed by atoms with van der Waals surface area (Å²) in [6.45, 7) is 1.99. The molecule has 3 aromatic rings. The van der Waals surface area contributed by atoms with E-state index < -0.39 is 0 Å². The standard InChI is InChI=1S/C16H14N4O2S/c1-10-4-2-3-5-12(10)15-18-19-16(23)20(15)17-9-11-6-7-13(21)14(22)8-11/h2-9,21-22H,1H3,(H,19,23)/b17-9-. The van der Waals surface area contributed by atoms with Crippen LogP contribution in [-0.4, -0.2) is 31.3 Å². The van der Waals surface area contributed by atoms with E-state index in [1.807, 2.05) is 31.2 Å². The Hall–Kier alpha value is -2.93. The van der Waals surface area contributed by atoms with Crippen LogP contribution in [0.2, 0.25) is 0 Å². The third-order valence-electron chi connectivity index (χ3n) is 3.36. The Balaban J connectivity index is 2.02. The molecule has 0 aliphatic heterocycles. The molecular formula is C16H14N4O2S. The summed E-state index contributed by atoms with van der Waals surface area (Å²) in [7, 11) is 0. The van der Waals surface area contributed by atoms with Crippen LogP contribution in [0, 0.1) is 11.7 Å². The van der Waals surface area contributed by atoms with Gasteiger partial charge in [-0.05, 0) is 48.5 Å². The van der Waals surface area contributed by atoms with E-state index in [0.717, 1.165) is 11.1 Å². The first-order valence-corrected chi connectivity index (χ1v) is 7.27. The van der Waals surface area contributed by atoms with Gasteiger partial charge in [-0.2, -0.15) is 14.9 Å². The average molecular weight is 326 g/mol. The number of nitrogens with one attached hydrogen (secondary N) is 1. The number of aromatic amines is 1. The molecular weight excluding hydrogens is 312 g/mol. The fourth-order valence-electron chi connectivity index (χ4n) is 2.14. The Kier molecular flexibility index (Phi) is 3.94. The minimum absolute atomic E-state index is 0.178. The van der Waals surface area contributed by atoms with Crippen molar-refractivity contribution in [3.05, 3.63) is 58.4 Å². The van der Waals surface area contributed by atoms with Crippen molar-refractivity contribution in [1.29, 1.82) is 0 Å². The maximum atomic E-state index is 9.52. The van der Waals surface area contributed by atoms with Crippen molar-refractivity contribution in [2.75, 3.05) is 0 Å². The van der Waals surface area contributed by atoms with Crippen LogP contribution in [0.15, 0.2) is 47.6 Å². The number of aromatic hydroxyl groups is 2. The van der Waals surface area contributed by atoms with Crippen molar-refractivity contribution >= 4 is 18.4 Å². The van der Waals surface area contributed by atoms with Crippen LogP contribution in [0.25, 0.3) is 11.4 Å². The molecule has 0 amide bonds. The number of nitrogens with zero attached hydrogens (tertiary/aromatic N) is 3. The molecule has 1 aromatic heterocycles. The van der Waals surface area contributed by atoms with Crippen molar-refractivity contribution in [2.24, 2.45) is 5.10 Å². The smallest absolute Gasteiger partial charge is 0.216 e. The molecule has 23 heavy (non-hydrogen) atoms. The number of benzene rings is 2. The van der Waals surface area contributed by atoms with Crippen LogP contribution in [0.3, 0.4) is 0 Å². The summed E-state index contributed by atoms with van der Waals surface area (Å²) in [4.78, 5) is 0. The number of rotatable bonds is 3. The molecule has 0 saturated heterocycles. The fourth-order valence-corrected chi connectivity index (χ4v) is 2.32. The summed E-state index contributed by atoms with van der Waals surface area (Å²) in [5.41, 5.74) is 2.60. The summed E-state index contributed by atoms with van der Waals surface area (Å²) in [5, 5.41) is 30.1. The highest BCUT2D eigenvalue weighted by Gasteiger charge is 2.10. The van der Waals surface area contributed by atoms with Gasteiger partial charge in [0, 0.05) is 5.56 Å². The van der Waals surface area contributed by atoms with Gasteiger partial charge in [0.05, 0.1) is 6.21 Å². The Morgan fingerprint density at radius 2 is 1.96 bits per heavy atom. The molecule has 0 aliphatic rings. The zero-order valence-electron chi connectivity index (χ0n) is 12.3. The molecule has 0 unspecified atom stereocenters. The molecule has 116 valence electrons. The third-order valence-corrected chi connectivity index (χ3v) is 3.62. The van der Waals surface area contributed by atoms with Crippen LogP contribution in [0.5, 0.6) is 11.5 Å². The number of aromatic nitrogens is 3. The third kappa shape index (κ3) is 3.00. The average Bonchev–Trinajstić information content (AvgIpc) is 2.90. The van der Waals surface area contributed by atoms with Crippen molar-refractivity contribution in [3.8, 4) is 22.9 Å². The van der Waals surface area contributed by atoms with Gasteiger partial charge in [0.1, 0.15) is 0 Å². The highest BCUT2D eigenvalue weighted by atomic mass is 32.1. The summed E-state index contributed by atoms with van der Waals surface area (Å²) >= 11 is 5.22. The summed E-state index contributed by atoms with van der Waals surface area (Å²) < 4.78 is 1.88. The first-order chi connectivity index (χ1) is 11.1. The van der Waals surface area contributed by atoms with Crippen LogP contribution in [0.4, 0.5) is 0 Å². The second-order valence-electron chi connectivity index (χ2n) is 4.97. The molecule has 0 aliphatic carbocycles. The lowest BCUT2D eigenvalue weighted by atomic mass is 10.1. The lowest BCUT2D eigenvalue weighted by molar-refractivity contribution is 0.403. The fraction of sp³-hybridized carbons (Fsp3) is 0.0625. The summed E-state index contributed by atoms with van der Waals surface area (Å²) in [6, 6.07) is 12.2. The molecule has 3 rings (SSSR count). The van der Waals surface area contributed by atoms with Gasteiger partial charge in [-0.1, -0.05) is 24.3 Å². The Morgan fingerprint density at radius 1 is 1.17 bits per heavy atom. The van der Waals surface area contributed by atoms with E-state index in [9.17, 15) is 10.2 Å². The van der Waals surface area contributed by atoms with Gasteiger partial charge in [0.15, 0.2) is 17.3 Å². The van der Waals surface area contributed by atoms with Crippen molar-refractivity contribution in [2.45, 2.75) is 6.92 Å². The quantitative estimate of drug-likeness (QED) is 0.392. The van der Waals surface area contributed by atoms with Gasteiger partial charge in [-0.25, -0.2) is 5.10 Å². The molecule has 0 bridgehead atoms. The second kappa shape index (κ2) is 6.05. The minimum atomic E-state index is -0.205. The first kappa shape index (κ1) is 15.0. The van der Waals surface area contributed by atoms with Gasteiger partial charge in [0.25, 0.3) is 0 Å². The minimum Gasteiger partial charge on any atom is -0.504 e. The number of phenolic OH excluding ortho intramolecular Hbond substituents is 2. The molecule has 7 heteroatoms. The first-order valence-electron chi connectivity index (χ1n) is 6.86. The Bertz CT molecular complexity index is 943. The van der Waals surface area contributed by atoms with Gasteiger partial charge in [0.2, 0.25) is 4.77 Å². The van der Waals surface area contributed by atoms with Crippen LogP contribution in [0.1, 0.15) is 11.1 Å². The number of H-pyrrole nitrogens is 1. The molecule has 0 saturated carbocycles. The molecule has 0 atom stereocenters. The van der Waals surface area contributed by atoms with E-state index in [-0.39, 0.29) is 11.5 Å².